The highest BCUT2D eigenvalue weighted by Crippen LogP contribution is 2.43. The molecule has 0 spiro atoms. The Hall–Kier alpha value is -1.85. The van der Waals surface area contributed by atoms with Crippen LogP contribution in [0.25, 0.3) is 0 Å². The highest BCUT2D eigenvalue weighted by molar-refractivity contribution is 5.39. The van der Waals surface area contributed by atoms with Crippen LogP contribution in [-0.4, -0.2) is 29.1 Å². The van der Waals surface area contributed by atoms with Crippen LogP contribution in [-0.2, 0) is 11.8 Å². The van der Waals surface area contributed by atoms with Gasteiger partial charge in [0.1, 0.15) is 5.60 Å². The maximum atomic E-state index is 13.4. The summed E-state index contributed by atoms with van der Waals surface area (Å²) in [7, 11) is 0. The predicted molar refractivity (Wildman–Crippen MR) is 107 cm³/mol. The minimum Gasteiger partial charge on any atom is -0.380 e. The molecule has 0 amide bonds. The number of alkyl halides is 3. The molecule has 2 aliphatic heterocycles. The van der Waals surface area contributed by atoms with E-state index in [4.69, 9.17) is 0 Å². The van der Waals surface area contributed by atoms with Gasteiger partial charge in [-0.2, -0.15) is 13.2 Å². The normalized spacial score (nSPS) is 25.2. The molecular formula is C24H28F3NO. The zero-order chi connectivity index (χ0) is 20.5. The summed E-state index contributed by atoms with van der Waals surface area (Å²) in [6, 6.07) is 14.8. The van der Waals surface area contributed by atoms with E-state index in [2.05, 4.69) is 4.90 Å². The van der Waals surface area contributed by atoms with E-state index in [1.165, 1.54) is 18.9 Å². The number of aliphatic hydroxyl groups is 1. The number of nitrogens with zero attached hydrogens (tertiary/aromatic N) is 1. The summed E-state index contributed by atoms with van der Waals surface area (Å²) >= 11 is 0. The van der Waals surface area contributed by atoms with Crippen molar-refractivity contribution in [3.05, 3.63) is 71.3 Å². The van der Waals surface area contributed by atoms with Gasteiger partial charge < -0.3 is 10.0 Å². The van der Waals surface area contributed by atoms with Crippen molar-refractivity contribution in [1.82, 2.24) is 4.90 Å². The second-order valence-electron chi connectivity index (χ2n) is 8.51. The molecule has 0 saturated carbocycles. The minimum absolute atomic E-state index is 0.267. The fourth-order valence-corrected chi connectivity index (χ4v) is 5.26. The van der Waals surface area contributed by atoms with Crippen molar-refractivity contribution in [2.45, 2.75) is 56.3 Å². The second kappa shape index (κ2) is 8.11. The monoisotopic (exact) mass is 403 g/mol. The van der Waals surface area contributed by atoms with E-state index in [-0.39, 0.29) is 5.92 Å². The number of benzene rings is 2. The second-order valence-corrected chi connectivity index (χ2v) is 8.51. The Morgan fingerprint density at radius 1 is 0.828 bits per heavy atom. The number of halogens is 3. The third-order valence-electron chi connectivity index (χ3n) is 6.71. The fourth-order valence-electron chi connectivity index (χ4n) is 5.26. The van der Waals surface area contributed by atoms with Crippen LogP contribution in [0.4, 0.5) is 13.2 Å². The molecule has 0 radical (unpaired) electrons. The number of hydrogen-bond acceptors (Lipinski definition) is 2. The van der Waals surface area contributed by atoms with E-state index in [1.807, 2.05) is 30.3 Å². The molecule has 1 unspecified atom stereocenters. The van der Waals surface area contributed by atoms with Crippen molar-refractivity contribution in [2.24, 2.45) is 5.92 Å². The number of hydrogen-bond donors (Lipinski definition) is 1. The fraction of sp³-hybridized carbons (Fsp3) is 0.500. The molecule has 2 aromatic rings. The molecule has 2 saturated heterocycles. The summed E-state index contributed by atoms with van der Waals surface area (Å²) in [4.78, 5) is 2.52. The van der Waals surface area contributed by atoms with E-state index < -0.39 is 17.3 Å². The minimum atomic E-state index is -4.43. The summed E-state index contributed by atoms with van der Waals surface area (Å²) in [5.41, 5.74) is -1.17. The SMILES string of the molecule is OC(C[C@@H]1CCCN2CCCC[C@H]12)(c1ccccc1)c1cccc(C(F)(F)F)c1. The molecule has 3 atom stereocenters. The van der Waals surface area contributed by atoms with E-state index in [1.54, 1.807) is 6.07 Å². The van der Waals surface area contributed by atoms with Crippen molar-refractivity contribution in [3.8, 4) is 0 Å². The number of rotatable bonds is 4. The predicted octanol–water partition coefficient (Wildman–Crippen LogP) is 5.60. The molecular weight excluding hydrogens is 375 g/mol. The Labute approximate surface area is 170 Å². The third-order valence-corrected chi connectivity index (χ3v) is 6.71. The van der Waals surface area contributed by atoms with Crippen molar-refractivity contribution in [1.29, 1.82) is 0 Å². The molecule has 2 nitrogen and oxygen atoms in total. The molecule has 0 bridgehead atoms. The van der Waals surface area contributed by atoms with Crippen LogP contribution >= 0.6 is 0 Å². The summed E-state index contributed by atoms with van der Waals surface area (Å²) in [6.45, 7) is 2.18. The largest absolute Gasteiger partial charge is 0.416 e. The Morgan fingerprint density at radius 2 is 1.52 bits per heavy atom. The summed E-state index contributed by atoms with van der Waals surface area (Å²) in [5.74, 6) is 0.267. The highest BCUT2D eigenvalue weighted by Gasteiger charge is 2.41. The molecule has 0 aromatic heterocycles. The van der Waals surface area contributed by atoms with E-state index in [9.17, 15) is 18.3 Å². The standard InChI is InChI=1S/C24H28F3NO/c25-24(26,27)21-12-6-11-20(16-21)23(29,19-9-2-1-3-10-19)17-18-8-7-15-28-14-5-4-13-22(18)28/h1-3,6,9-12,16,18,22,29H,4-5,7-8,13-15,17H2/t18-,22+,23?/m0/s1. The Bertz CT molecular complexity index is 820. The molecule has 1 N–H and O–H groups in total. The first kappa shape index (κ1) is 20.4. The number of fused-ring (bicyclic) bond motifs is 1. The molecule has 29 heavy (non-hydrogen) atoms. The maximum Gasteiger partial charge on any atom is 0.416 e. The van der Waals surface area contributed by atoms with Crippen LogP contribution in [0.1, 0.15) is 55.2 Å². The average molecular weight is 403 g/mol. The first-order valence-corrected chi connectivity index (χ1v) is 10.6. The van der Waals surface area contributed by atoms with Crippen molar-refractivity contribution >= 4 is 0 Å². The lowest BCUT2D eigenvalue weighted by atomic mass is 9.72. The van der Waals surface area contributed by atoms with Gasteiger partial charge in [0, 0.05) is 6.04 Å². The molecule has 156 valence electrons. The third kappa shape index (κ3) is 4.22. The van der Waals surface area contributed by atoms with Gasteiger partial charge in [0.25, 0.3) is 0 Å². The first-order chi connectivity index (χ1) is 13.9. The van der Waals surface area contributed by atoms with Gasteiger partial charge in [-0.25, -0.2) is 0 Å². The van der Waals surface area contributed by atoms with Gasteiger partial charge in [0.15, 0.2) is 0 Å². The molecule has 2 fully saturated rings. The topological polar surface area (TPSA) is 23.5 Å². The van der Waals surface area contributed by atoms with Crippen LogP contribution in [0, 0.1) is 5.92 Å². The number of piperidine rings is 2. The Morgan fingerprint density at radius 3 is 2.28 bits per heavy atom. The summed E-state index contributed by atoms with van der Waals surface area (Å²) in [6.07, 6.45) is 1.60. The van der Waals surface area contributed by atoms with Gasteiger partial charge in [-0.05, 0) is 74.4 Å². The van der Waals surface area contributed by atoms with Gasteiger partial charge in [-0.1, -0.05) is 48.9 Å². The maximum absolute atomic E-state index is 13.4. The van der Waals surface area contributed by atoms with Gasteiger partial charge in [-0.3, -0.25) is 0 Å². The van der Waals surface area contributed by atoms with E-state index in [0.29, 0.717) is 23.6 Å². The lowest BCUT2D eigenvalue weighted by molar-refractivity contribution is -0.137. The molecule has 5 heteroatoms. The first-order valence-electron chi connectivity index (χ1n) is 10.6. The molecule has 2 heterocycles. The van der Waals surface area contributed by atoms with Crippen molar-refractivity contribution in [3.63, 3.8) is 0 Å². The van der Waals surface area contributed by atoms with Crippen LogP contribution in [0.3, 0.4) is 0 Å². The van der Waals surface area contributed by atoms with Crippen LogP contribution < -0.4 is 0 Å². The van der Waals surface area contributed by atoms with Gasteiger partial charge in [0.2, 0.25) is 0 Å². The van der Waals surface area contributed by atoms with Crippen LogP contribution in [0.15, 0.2) is 54.6 Å². The van der Waals surface area contributed by atoms with Crippen LogP contribution in [0.5, 0.6) is 0 Å². The Kier molecular flexibility index (Phi) is 5.71. The molecule has 2 aliphatic rings. The van der Waals surface area contributed by atoms with E-state index in [0.717, 1.165) is 44.5 Å². The van der Waals surface area contributed by atoms with E-state index >= 15 is 0 Å². The van der Waals surface area contributed by atoms with Crippen LogP contribution in [0.2, 0.25) is 0 Å². The summed E-state index contributed by atoms with van der Waals surface area (Å²) in [5, 5.41) is 11.9. The lowest BCUT2D eigenvalue weighted by Crippen LogP contribution is -2.49. The summed E-state index contributed by atoms with van der Waals surface area (Å²) < 4.78 is 40.1. The molecule has 0 aliphatic carbocycles. The zero-order valence-electron chi connectivity index (χ0n) is 16.5. The quantitative estimate of drug-likeness (QED) is 0.719. The van der Waals surface area contributed by atoms with Gasteiger partial charge in [0.05, 0.1) is 5.56 Å². The smallest absolute Gasteiger partial charge is 0.380 e. The molecule has 4 rings (SSSR count). The van der Waals surface area contributed by atoms with Crippen molar-refractivity contribution in [2.75, 3.05) is 13.1 Å². The van der Waals surface area contributed by atoms with Crippen molar-refractivity contribution < 1.29 is 18.3 Å². The van der Waals surface area contributed by atoms with Gasteiger partial charge >= 0.3 is 6.18 Å². The average Bonchev–Trinajstić information content (AvgIpc) is 2.74. The molecule has 2 aromatic carbocycles. The Balaban J connectivity index is 1.72. The lowest BCUT2D eigenvalue weighted by Gasteiger charge is -2.47. The zero-order valence-corrected chi connectivity index (χ0v) is 16.5. The van der Waals surface area contributed by atoms with Gasteiger partial charge in [-0.15, -0.1) is 0 Å². The highest BCUT2D eigenvalue weighted by atomic mass is 19.4.